The van der Waals surface area contributed by atoms with Crippen LogP contribution < -0.4 is 4.74 Å². The van der Waals surface area contributed by atoms with Crippen molar-refractivity contribution >= 4 is 11.7 Å². The van der Waals surface area contributed by atoms with E-state index in [1.165, 1.54) is 7.11 Å². The fraction of sp³-hybridized carbons (Fsp3) is 0.185. The molecule has 0 N–H and O–H groups in total. The fourth-order valence-electron chi connectivity index (χ4n) is 3.73. The Balaban J connectivity index is 1.76. The molecule has 0 aromatic heterocycles. The zero-order valence-electron chi connectivity index (χ0n) is 17.9. The summed E-state index contributed by atoms with van der Waals surface area (Å²) in [4.78, 5) is 19.0. The van der Waals surface area contributed by atoms with Gasteiger partial charge in [0.2, 0.25) is 0 Å². The molecule has 0 spiro atoms. The van der Waals surface area contributed by atoms with Gasteiger partial charge < -0.3 is 14.3 Å². The van der Waals surface area contributed by atoms with Crippen molar-refractivity contribution in [3.05, 3.63) is 102 Å². The van der Waals surface area contributed by atoms with E-state index in [9.17, 15) is 4.79 Å². The number of nitrogens with zero attached hydrogens (tertiary/aromatic N) is 1. The molecule has 5 nitrogen and oxygen atoms in total. The van der Waals surface area contributed by atoms with Gasteiger partial charge in [-0.2, -0.15) is 0 Å². The Hall–Kier alpha value is -4.04. The molecule has 3 aromatic carbocycles. The second-order valence-electron chi connectivity index (χ2n) is 7.39. The molecule has 0 saturated carbocycles. The molecule has 0 saturated heterocycles. The van der Waals surface area contributed by atoms with Crippen LogP contribution in [0.2, 0.25) is 0 Å². The van der Waals surface area contributed by atoms with Gasteiger partial charge in [0.1, 0.15) is 5.75 Å². The normalized spacial score (nSPS) is 17.9. The summed E-state index contributed by atoms with van der Waals surface area (Å²) in [7, 11) is 2.97. The van der Waals surface area contributed by atoms with Crippen molar-refractivity contribution in [2.75, 3.05) is 14.2 Å². The van der Waals surface area contributed by atoms with Crippen molar-refractivity contribution in [3.63, 3.8) is 0 Å². The average molecular weight is 425 g/mol. The first-order valence-corrected chi connectivity index (χ1v) is 10.3. The minimum Gasteiger partial charge on any atom is -0.497 e. The lowest BCUT2D eigenvalue weighted by Gasteiger charge is -2.29. The monoisotopic (exact) mass is 425 g/mol. The molecule has 0 amide bonds. The minimum atomic E-state index is -1.39. The molecule has 32 heavy (non-hydrogen) atoms. The summed E-state index contributed by atoms with van der Waals surface area (Å²) in [5, 5.41) is 4.28. The average Bonchev–Trinajstić information content (AvgIpc) is 3.31. The molecule has 5 heteroatoms. The third-order valence-electron chi connectivity index (χ3n) is 5.44. The molecule has 160 valence electrons. The number of carbonyl (C=O) groups excluding carboxylic acids is 1. The van der Waals surface area contributed by atoms with Gasteiger partial charge in [-0.25, -0.2) is 4.79 Å². The minimum absolute atomic E-state index is 0.251. The van der Waals surface area contributed by atoms with Crippen LogP contribution in [0.25, 0.3) is 0 Å². The quantitative estimate of drug-likeness (QED) is 0.444. The van der Waals surface area contributed by atoms with Crippen molar-refractivity contribution in [1.82, 2.24) is 0 Å². The van der Waals surface area contributed by atoms with Gasteiger partial charge in [-0.05, 0) is 35.4 Å². The summed E-state index contributed by atoms with van der Waals surface area (Å²) in [6, 6.07) is 26.7. The molecule has 0 unspecified atom stereocenters. The summed E-state index contributed by atoms with van der Waals surface area (Å²) in [6.45, 7) is 0. The van der Waals surface area contributed by atoms with Gasteiger partial charge in [0.25, 0.3) is 5.60 Å². The maximum Gasteiger partial charge on any atom is 0.355 e. The van der Waals surface area contributed by atoms with E-state index in [0.29, 0.717) is 5.71 Å². The van der Waals surface area contributed by atoms with Crippen LogP contribution in [0.1, 0.15) is 29.0 Å². The van der Waals surface area contributed by atoms with Crippen LogP contribution in [0.3, 0.4) is 0 Å². The van der Waals surface area contributed by atoms with Gasteiger partial charge in [0, 0.05) is 12.0 Å². The van der Waals surface area contributed by atoms with Crippen molar-refractivity contribution in [1.29, 1.82) is 0 Å². The summed E-state index contributed by atoms with van der Waals surface area (Å²) in [5.74, 6) is 6.10. The van der Waals surface area contributed by atoms with Gasteiger partial charge in [-0.1, -0.05) is 77.7 Å². The molecule has 0 radical (unpaired) electrons. The van der Waals surface area contributed by atoms with Gasteiger partial charge in [0.15, 0.2) is 0 Å². The molecule has 0 bridgehead atoms. The predicted molar refractivity (Wildman–Crippen MR) is 122 cm³/mol. The molecule has 1 aliphatic heterocycles. The highest BCUT2D eigenvalue weighted by atomic mass is 16.7. The lowest BCUT2D eigenvalue weighted by Crippen LogP contribution is -2.45. The highest BCUT2D eigenvalue weighted by molar-refractivity contribution is 6.05. The van der Waals surface area contributed by atoms with Crippen LogP contribution >= 0.6 is 0 Å². The second kappa shape index (κ2) is 9.40. The summed E-state index contributed by atoms with van der Waals surface area (Å²) in [5.41, 5.74) is 1.84. The molecule has 2 atom stereocenters. The topological polar surface area (TPSA) is 57.1 Å². The predicted octanol–water partition coefficient (Wildman–Crippen LogP) is 4.57. The van der Waals surface area contributed by atoms with Gasteiger partial charge >= 0.3 is 5.97 Å². The smallest absolute Gasteiger partial charge is 0.355 e. The van der Waals surface area contributed by atoms with E-state index in [4.69, 9.17) is 14.3 Å². The van der Waals surface area contributed by atoms with Crippen LogP contribution in [0.4, 0.5) is 0 Å². The Morgan fingerprint density at radius 3 is 2.25 bits per heavy atom. The van der Waals surface area contributed by atoms with Crippen molar-refractivity contribution < 1.29 is 19.1 Å². The standard InChI is InChI=1S/C27H23NO4/c1-30-23-16-13-20(14-17-23)15-18-24(21-9-5-3-6-10-21)27(26(29)31-2)19-25(28-32-27)22-11-7-4-8-12-22/h3-14,16-17,24H,19H2,1-2H3/t24-,27+/m0/s1. The number of benzene rings is 3. The Morgan fingerprint density at radius 1 is 0.969 bits per heavy atom. The van der Waals surface area contributed by atoms with Gasteiger partial charge in [-0.15, -0.1) is 0 Å². The third kappa shape index (κ3) is 4.21. The van der Waals surface area contributed by atoms with Crippen LogP contribution in [-0.2, 0) is 14.4 Å². The van der Waals surface area contributed by atoms with E-state index in [1.54, 1.807) is 7.11 Å². The maximum absolute atomic E-state index is 13.1. The molecule has 3 aromatic rings. The molecule has 0 fully saturated rings. The Bertz CT molecular complexity index is 1160. The number of ether oxygens (including phenoxy) is 2. The summed E-state index contributed by atoms with van der Waals surface area (Å²) < 4.78 is 10.4. The van der Waals surface area contributed by atoms with Crippen LogP contribution in [0.15, 0.2) is 90.1 Å². The lowest BCUT2D eigenvalue weighted by atomic mass is 9.78. The number of oxime groups is 1. The molecular formula is C27H23NO4. The van der Waals surface area contributed by atoms with E-state index in [1.807, 2.05) is 84.9 Å². The number of esters is 1. The molecule has 1 aliphatic rings. The van der Waals surface area contributed by atoms with Crippen LogP contribution in [0, 0.1) is 11.8 Å². The number of hydrogen-bond acceptors (Lipinski definition) is 5. The Kier molecular flexibility index (Phi) is 6.23. The number of carbonyl (C=O) groups is 1. The first-order valence-electron chi connectivity index (χ1n) is 10.3. The van der Waals surface area contributed by atoms with Crippen molar-refractivity contribution in [3.8, 4) is 17.6 Å². The number of hydrogen-bond donors (Lipinski definition) is 0. The summed E-state index contributed by atoms with van der Waals surface area (Å²) >= 11 is 0. The SMILES string of the molecule is COC(=O)[C@]1([C@@H](C#Cc2ccc(OC)cc2)c2ccccc2)CC(c2ccccc2)=NO1. The summed E-state index contributed by atoms with van der Waals surface area (Å²) in [6.07, 6.45) is 0.251. The molecular weight excluding hydrogens is 402 g/mol. The first-order chi connectivity index (χ1) is 15.7. The van der Waals surface area contributed by atoms with E-state index < -0.39 is 17.5 Å². The molecule has 4 rings (SSSR count). The Labute approximate surface area is 187 Å². The van der Waals surface area contributed by atoms with Crippen LogP contribution in [-0.4, -0.2) is 31.5 Å². The van der Waals surface area contributed by atoms with Gasteiger partial charge in [-0.3, -0.25) is 0 Å². The van der Waals surface area contributed by atoms with Crippen LogP contribution in [0.5, 0.6) is 5.75 Å². The zero-order chi connectivity index (χ0) is 22.4. The van der Waals surface area contributed by atoms with E-state index in [0.717, 1.165) is 22.4 Å². The van der Waals surface area contributed by atoms with E-state index >= 15 is 0 Å². The highest BCUT2D eigenvalue weighted by Crippen LogP contribution is 2.40. The lowest BCUT2D eigenvalue weighted by molar-refractivity contribution is -0.167. The van der Waals surface area contributed by atoms with Crippen molar-refractivity contribution in [2.45, 2.75) is 17.9 Å². The zero-order valence-corrected chi connectivity index (χ0v) is 17.9. The molecule has 0 aliphatic carbocycles. The van der Waals surface area contributed by atoms with Gasteiger partial charge in [0.05, 0.1) is 25.8 Å². The largest absolute Gasteiger partial charge is 0.497 e. The van der Waals surface area contributed by atoms with Crippen molar-refractivity contribution in [2.24, 2.45) is 5.16 Å². The Morgan fingerprint density at radius 2 is 1.62 bits per heavy atom. The van der Waals surface area contributed by atoms with E-state index in [-0.39, 0.29) is 6.42 Å². The molecule has 1 heterocycles. The highest BCUT2D eigenvalue weighted by Gasteiger charge is 2.54. The second-order valence-corrected chi connectivity index (χ2v) is 7.39. The number of rotatable bonds is 5. The third-order valence-corrected chi connectivity index (χ3v) is 5.44. The van der Waals surface area contributed by atoms with E-state index in [2.05, 4.69) is 17.0 Å². The first kappa shape index (κ1) is 21.2. The number of methoxy groups -OCH3 is 2. The fourth-order valence-corrected chi connectivity index (χ4v) is 3.73. The maximum atomic E-state index is 13.1.